The molecule has 0 saturated heterocycles. The fourth-order valence-electron chi connectivity index (χ4n) is 2.74. The van der Waals surface area contributed by atoms with Crippen molar-refractivity contribution in [3.63, 3.8) is 0 Å². The van der Waals surface area contributed by atoms with E-state index in [0.29, 0.717) is 6.42 Å². The van der Waals surface area contributed by atoms with E-state index < -0.39 is 21.8 Å². The molecular weight excluding hydrogens is 449 g/mol. The number of carbonyl (C=O) groups excluding carboxylic acids is 1. The molecule has 0 spiro atoms. The first kappa shape index (κ1) is 22.4. The van der Waals surface area contributed by atoms with E-state index in [9.17, 15) is 17.6 Å². The van der Waals surface area contributed by atoms with Crippen LogP contribution in [0, 0.1) is 5.82 Å². The molecule has 28 heavy (non-hydrogen) atoms. The maximum atomic E-state index is 14.0. The highest BCUT2D eigenvalue weighted by Crippen LogP contribution is 2.27. The summed E-state index contributed by atoms with van der Waals surface area (Å²) < 4.78 is 47.1. The first-order chi connectivity index (χ1) is 13.3. The molecule has 0 bridgehead atoms. The summed E-state index contributed by atoms with van der Waals surface area (Å²) in [7, 11) is -2.73. The Bertz CT molecular complexity index is 916. The van der Waals surface area contributed by atoms with E-state index >= 15 is 0 Å². The second kappa shape index (κ2) is 10.0. The SMILES string of the molecule is CCCCCCN(c1ccc(F)c(C(=O)OC)c1)S(=O)(=O)c1ccc(Br)cc1. The summed E-state index contributed by atoms with van der Waals surface area (Å²) >= 11 is 3.29. The van der Waals surface area contributed by atoms with E-state index in [1.54, 1.807) is 12.1 Å². The van der Waals surface area contributed by atoms with Gasteiger partial charge in [0.15, 0.2) is 0 Å². The number of ether oxygens (including phenoxy) is 1. The van der Waals surface area contributed by atoms with Crippen LogP contribution in [-0.2, 0) is 14.8 Å². The number of unbranched alkanes of at least 4 members (excludes halogenated alkanes) is 3. The molecule has 0 unspecified atom stereocenters. The van der Waals surface area contributed by atoms with Crippen molar-refractivity contribution in [2.24, 2.45) is 0 Å². The van der Waals surface area contributed by atoms with Gasteiger partial charge in [0.2, 0.25) is 0 Å². The van der Waals surface area contributed by atoms with E-state index in [1.807, 2.05) is 0 Å². The molecule has 0 radical (unpaired) electrons. The fourth-order valence-corrected chi connectivity index (χ4v) is 4.50. The van der Waals surface area contributed by atoms with Crippen molar-refractivity contribution >= 4 is 37.6 Å². The number of carbonyl (C=O) groups is 1. The van der Waals surface area contributed by atoms with Crippen molar-refractivity contribution in [1.82, 2.24) is 0 Å². The summed E-state index contributed by atoms with van der Waals surface area (Å²) in [5.74, 6) is -1.62. The van der Waals surface area contributed by atoms with Crippen molar-refractivity contribution < 1.29 is 22.3 Å². The Morgan fingerprint density at radius 1 is 1.11 bits per heavy atom. The molecule has 0 aliphatic heterocycles. The average Bonchev–Trinajstić information content (AvgIpc) is 2.68. The number of esters is 1. The number of benzene rings is 2. The molecule has 2 aromatic rings. The maximum Gasteiger partial charge on any atom is 0.340 e. The number of anilines is 1. The van der Waals surface area contributed by atoms with Crippen LogP contribution in [0.3, 0.4) is 0 Å². The van der Waals surface area contributed by atoms with Crippen LogP contribution >= 0.6 is 15.9 Å². The average molecular weight is 472 g/mol. The smallest absolute Gasteiger partial charge is 0.340 e. The van der Waals surface area contributed by atoms with Crippen molar-refractivity contribution in [2.75, 3.05) is 18.0 Å². The Hall–Kier alpha value is -1.93. The number of rotatable bonds is 9. The molecule has 8 heteroatoms. The van der Waals surface area contributed by atoms with Gasteiger partial charge in [0.1, 0.15) is 5.82 Å². The van der Waals surface area contributed by atoms with Gasteiger partial charge in [-0.15, -0.1) is 0 Å². The highest BCUT2D eigenvalue weighted by atomic mass is 79.9. The van der Waals surface area contributed by atoms with Crippen molar-refractivity contribution in [1.29, 1.82) is 0 Å². The van der Waals surface area contributed by atoms with Gasteiger partial charge < -0.3 is 4.74 Å². The molecule has 2 rings (SSSR count). The monoisotopic (exact) mass is 471 g/mol. The molecule has 0 aliphatic rings. The molecule has 2 aromatic carbocycles. The summed E-state index contributed by atoms with van der Waals surface area (Å²) in [6.07, 6.45) is 3.52. The van der Waals surface area contributed by atoms with E-state index in [-0.39, 0.29) is 22.7 Å². The normalized spacial score (nSPS) is 11.3. The summed E-state index contributed by atoms with van der Waals surface area (Å²) in [4.78, 5) is 12.0. The largest absolute Gasteiger partial charge is 0.465 e. The summed E-state index contributed by atoms with van der Waals surface area (Å²) in [5.41, 5.74) is -0.0780. The van der Waals surface area contributed by atoms with Crippen LogP contribution in [0.5, 0.6) is 0 Å². The van der Waals surface area contributed by atoms with Gasteiger partial charge >= 0.3 is 5.97 Å². The number of nitrogens with zero attached hydrogens (tertiary/aromatic N) is 1. The van der Waals surface area contributed by atoms with E-state index in [4.69, 9.17) is 0 Å². The molecule has 0 N–H and O–H groups in total. The van der Waals surface area contributed by atoms with Gasteiger partial charge in [0.25, 0.3) is 10.0 Å². The first-order valence-electron chi connectivity index (χ1n) is 8.97. The number of halogens is 2. The Kier molecular flexibility index (Phi) is 8.00. The third kappa shape index (κ3) is 5.32. The van der Waals surface area contributed by atoms with Crippen LogP contribution in [0.4, 0.5) is 10.1 Å². The minimum absolute atomic E-state index is 0.120. The Balaban J connectivity index is 2.47. The van der Waals surface area contributed by atoms with Crippen molar-refractivity contribution in [2.45, 2.75) is 37.5 Å². The minimum Gasteiger partial charge on any atom is -0.465 e. The molecule has 5 nitrogen and oxygen atoms in total. The fraction of sp³-hybridized carbons (Fsp3) is 0.350. The zero-order chi connectivity index (χ0) is 20.7. The molecule has 0 amide bonds. The van der Waals surface area contributed by atoms with Crippen LogP contribution < -0.4 is 4.31 Å². The van der Waals surface area contributed by atoms with E-state index in [0.717, 1.165) is 36.9 Å². The predicted molar refractivity (Wildman–Crippen MR) is 111 cm³/mol. The summed E-state index contributed by atoms with van der Waals surface area (Å²) in [6.45, 7) is 2.30. The van der Waals surface area contributed by atoms with Crippen LogP contribution in [0.2, 0.25) is 0 Å². The molecule has 0 heterocycles. The van der Waals surface area contributed by atoms with Gasteiger partial charge in [-0.25, -0.2) is 17.6 Å². The van der Waals surface area contributed by atoms with Crippen LogP contribution in [0.25, 0.3) is 0 Å². The second-order valence-electron chi connectivity index (χ2n) is 6.25. The first-order valence-corrected chi connectivity index (χ1v) is 11.2. The lowest BCUT2D eigenvalue weighted by atomic mass is 10.1. The lowest BCUT2D eigenvalue weighted by Gasteiger charge is -2.25. The van der Waals surface area contributed by atoms with Crippen LogP contribution in [0.15, 0.2) is 51.8 Å². The third-order valence-corrected chi connectivity index (χ3v) is 6.63. The number of sulfonamides is 1. The van der Waals surface area contributed by atoms with Gasteiger partial charge in [-0.3, -0.25) is 4.31 Å². The van der Waals surface area contributed by atoms with Crippen LogP contribution in [0.1, 0.15) is 43.0 Å². The number of hydrogen-bond acceptors (Lipinski definition) is 4. The quantitative estimate of drug-likeness (QED) is 0.374. The van der Waals surface area contributed by atoms with Gasteiger partial charge in [-0.1, -0.05) is 42.1 Å². The Morgan fingerprint density at radius 2 is 1.79 bits per heavy atom. The number of hydrogen-bond donors (Lipinski definition) is 0. The zero-order valence-corrected chi connectivity index (χ0v) is 18.2. The van der Waals surface area contributed by atoms with Crippen LogP contribution in [-0.4, -0.2) is 28.0 Å². The molecule has 0 fully saturated rings. The lowest BCUT2D eigenvalue weighted by molar-refractivity contribution is 0.0595. The standard InChI is InChI=1S/C20H23BrFNO4S/c1-3-4-5-6-13-23(28(25,26)17-10-7-15(21)8-11-17)16-9-12-19(22)18(14-16)20(24)27-2/h7-12,14H,3-6,13H2,1-2H3. The molecule has 0 aromatic heterocycles. The minimum atomic E-state index is -3.88. The Labute approximate surface area is 173 Å². The van der Waals surface area contributed by atoms with E-state index in [2.05, 4.69) is 27.6 Å². The van der Waals surface area contributed by atoms with E-state index in [1.165, 1.54) is 28.6 Å². The highest BCUT2D eigenvalue weighted by molar-refractivity contribution is 9.10. The van der Waals surface area contributed by atoms with Gasteiger partial charge in [0.05, 0.1) is 23.3 Å². The van der Waals surface area contributed by atoms with Gasteiger partial charge in [0, 0.05) is 11.0 Å². The second-order valence-corrected chi connectivity index (χ2v) is 9.03. The molecular formula is C20H23BrFNO4S. The molecule has 152 valence electrons. The number of methoxy groups -OCH3 is 1. The van der Waals surface area contributed by atoms with Crippen molar-refractivity contribution in [3.8, 4) is 0 Å². The zero-order valence-electron chi connectivity index (χ0n) is 15.8. The lowest BCUT2D eigenvalue weighted by Crippen LogP contribution is -2.32. The van der Waals surface area contributed by atoms with Gasteiger partial charge in [-0.2, -0.15) is 0 Å². The van der Waals surface area contributed by atoms with Crippen molar-refractivity contribution in [3.05, 3.63) is 58.3 Å². The summed E-state index contributed by atoms with van der Waals surface area (Å²) in [5, 5.41) is 0. The van der Waals surface area contributed by atoms with Gasteiger partial charge in [-0.05, 0) is 48.9 Å². The molecule has 0 saturated carbocycles. The third-order valence-electron chi connectivity index (χ3n) is 4.26. The topological polar surface area (TPSA) is 63.7 Å². The molecule has 0 atom stereocenters. The Morgan fingerprint density at radius 3 is 2.39 bits per heavy atom. The molecule has 0 aliphatic carbocycles. The summed E-state index contributed by atoms with van der Waals surface area (Å²) in [6, 6.07) is 9.96. The predicted octanol–water partition coefficient (Wildman–Crippen LogP) is 5.15. The maximum absolute atomic E-state index is 14.0. The highest BCUT2D eigenvalue weighted by Gasteiger charge is 2.26.